The number of carbonyl (C=O) groups is 1. The van der Waals surface area contributed by atoms with E-state index in [1.165, 1.54) is 64.2 Å². The van der Waals surface area contributed by atoms with Crippen molar-refractivity contribution >= 4 is 5.97 Å². The van der Waals surface area contributed by atoms with E-state index in [4.69, 9.17) is 4.74 Å². The average Bonchev–Trinajstić information content (AvgIpc) is 2.53. The Bertz CT molecular complexity index is 329. The minimum absolute atomic E-state index is 0.00739. The standard InChI is InChI=1S/C21H42NO2/c1-5-6-7-8-9-10-11-15-18-20(22(2,3)4)21(23)24-19-16-13-12-14-17-19/h19-20H,5-18H2,1-4H3/q+1. The van der Waals surface area contributed by atoms with Crippen LogP contribution in [0.2, 0.25) is 0 Å². The molecule has 0 aromatic rings. The Morgan fingerprint density at radius 3 is 2.00 bits per heavy atom. The first-order valence-electron chi connectivity index (χ1n) is 10.5. The van der Waals surface area contributed by atoms with E-state index in [-0.39, 0.29) is 18.1 Å². The van der Waals surface area contributed by atoms with Gasteiger partial charge in [0.15, 0.2) is 6.04 Å². The van der Waals surface area contributed by atoms with Gasteiger partial charge in [-0.1, -0.05) is 58.3 Å². The Balaban J connectivity index is 2.27. The molecule has 24 heavy (non-hydrogen) atoms. The topological polar surface area (TPSA) is 26.3 Å². The number of nitrogens with zero attached hydrogens (tertiary/aromatic N) is 1. The van der Waals surface area contributed by atoms with E-state index in [0.29, 0.717) is 4.48 Å². The average molecular weight is 341 g/mol. The third-order valence-corrected chi connectivity index (χ3v) is 5.37. The molecule has 0 aromatic carbocycles. The summed E-state index contributed by atoms with van der Waals surface area (Å²) in [5.74, 6) is 0.0392. The molecule has 3 nitrogen and oxygen atoms in total. The van der Waals surface area contributed by atoms with Gasteiger partial charge in [0.05, 0.1) is 21.1 Å². The zero-order valence-corrected chi connectivity index (χ0v) is 16.8. The van der Waals surface area contributed by atoms with Crippen LogP contribution in [0, 0.1) is 0 Å². The second kappa shape index (κ2) is 11.9. The van der Waals surface area contributed by atoms with Gasteiger partial charge in [0.2, 0.25) is 0 Å². The molecule has 1 fully saturated rings. The van der Waals surface area contributed by atoms with Crippen molar-refractivity contribution in [3.8, 4) is 0 Å². The maximum absolute atomic E-state index is 12.7. The van der Waals surface area contributed by atoms with Gasteiger partial charge < -0.3 is 9.22 Å². The molecule has 1 atom stereocenters. The summed E-state index contributed by atoms with van der Waals surface area (Å²) in [4.78, 5) is 12.7. The molecule has 1 unspecified atom stereocenters. The molecule has 0 aromatic heterocycles. The Kier molecular flexibility index (Phi) is 10.6. The Labute approximate surface area is 150 Å². The maximum Gasteiger partial charge on any atom is 0.365 e. The Morgan fingerprint density at radius 1 is 0.917 bits per heavy atom. The highest BCUT2D eigenvalue weighted by molar-refractivity contribution is 5.74. The molecule has 0 heterocycles. The Hall–Kier alpha value is -0.570. The van der Waals surface area contributed by atoms with Crippen molar-refractivity contribution in [3.05, 3.63) is 0 Å². The van der Waals surface area contributed by atoms with Crippen LogP contribution in [0.15, 0.2) is 0 Å². The first kappa shape index (κ1) is 21.5. The monoisotopic (exact) mass is 340 g/mol. The lowest BCUT2D eigenvalue weighted by atomic mass is 9.97. The lowest BCUT2D eigenvalue weighted by molar-refractivity contribution is -0.887. The van der Waals surface area contributed by atoms with Crippen LogP contribution in [0.1, 0.15) is 96.8 Å². The summed E-state index contributed by atoms with van der Waals surface area (Å²) in [5, 5.41) is 0. The van der Waals surface area contributed by atoms with Crippen LogP contribution in [-0.2, 0) is 9.53 Å². The van der Waals surface area contributed by atoms with Crippen LogP contribution in [0.25, 0.3) is 0 Å². The number of hydrogen-bond acceptors (Lipinski definition) is 2. The van der Waals surface area contributed by atoms with Crippen molar-refractivity contribution in [2.45, 2.75) is 109 Å². The highest BCUT2D eigenvalue weighted by Crippen LogP contribution is 2.23. The van der Waals surface area contributed by atoms with Gasteiger partial charge in [0.1, 0.15) is 6.10 Å². The number of ether oxygens (including phenoxy) is 1. The molecule has 1 aliphatic rings. The molecule has 0 amide bonds. The summed E-state index contributed by atoms with van der Waals surface area (Å²) in [6.07, 6.45) is 17.5. The quantitative estimate of drug-likeness (QED) is 0.267. The van der Waals surface area contributed by atoms with Crippen molar-refractivity contribution in [1.82, 2.24) is 0 Å². The summed E-state index contributed by atoms with van der Waals surface area (Å²) in [6, 6.07) is -0.00739. The molecule has 0 spiro atoms. The number of rotatable bonds is 12. The first-order valence-corrected chi connectivity index (χ1v) is 10.5. The lowest BCUT2D eigenvalue weighted by Crippen LogP contribution is -2.51. The van der Waals surface area contributed by atoms with Gasteiger partial charge in [0.25, 0.3) is 0 Å². The fraction of sp³-hybridized carbons (Fsp3) is 0.952. The van der Waals surface area contributed by atoms with Crippen molar-refractivity contribution in [1.29, 1.82) is 0 Å². The van der Waals surface area contributed by atoms with Crippen molar-refractivity contribution in [2.75, 3.05) is 21.1 Å². The highest BCUT2D eigenvalue weighted by Gasteiger charge is 2.34. The van der Waals surface area contributed by atoms with E-state index in [2.05, 4.69) is 28.1 Å². The predicted octanol–water partition coefficient (Wildman–Crippen LogP) is 5.47. The van der Waals surface area contributed by atoms with Crippen LogP contribution in [-0.4, -0.2) is 43.7 Å². The van der Waals surface area contributed by atoms with E-state index in [9.17, 15) is 4.79 Å². The van der Waals surface area contributed by atoms with Gasteiger partial charge >= 0.3 is 5.97 Å². The van der Waals surface area contributed by atoms with Gasteiger partial charge in [-0.2, -0.15) is 0 Å². The largest absolute Gasteiger partial charge is 0.458 e. The molecule has 0 N–H and O–H groups in total. The second-order valence-corrected chi connectivity index (χ2v) is 8.59. The SMILES string of the molecule is CCCCCCCCCCC(C(=O)OC1CCCCC1)[N+](C)(C)C. The van der Waals surface area contributed by atoms with Crippen LogP contribution in [0.5, 0.6) is 0 Å². The summed E-state index contributed by atoms with van der Waals surface area (Å²) >= 11 is 0. The molecule has 1 saturated carbocycles. The molecule has 0 radical (unpaired) electrons. The van der Waals surface area contributed by atoms with Crippen LogP contribution < -0.4 is 0 Å². The molecule has 0 saturated heterocycles. The predicted molar refractivity (Wildman–Crippen MR) is 102 cm³/mol. The van der Waals surface area contributed by atoms with Crippen LogP contribution in [0.3, 0.4) is 0 Å². The third kappa shape index (κ3) is 9.05. The van der Waals surface area contributed by atoms with Gasteiger partial charge in [-0.25, -0.2) is 4.79 Å². The van der Waals surface area contributed by atoms with Gasteiger partial charge in [-0.15, -0.1) is 0 Å². The smallest absolute Gasteiger partial charge is 0.365 e. The van der Waals surface area contributed by atoms with E-state index < -0.39 is 0 Å². The van der Waals surface area contributed by atoms with Gasteiger partial charge in [0, 0.05) is 6.42 Å². The first-order chi connectivity index (χ1) is 11.4. The van der Waals surface area contributed by atoms with Crippen molar-refractivity contribution < 1.29 is 14.0 Å². The number of carbonyl (C=O) groups excluding carboxylic acids is 1. The molecule has 3 heteroatoms. The number of esters is 1. The minimum atomic E-state index is -0.00739. The lowest BCUT2D eigenvalue weighted by Gasteiger charge is -2.34. The summed E-state index contributed by atoms with van der Waals surface area (Å²) in [5.41, 5.74) is 0. The zero-order chi connectivity index (χ0) is 17.8. The Morgan fingerprint density at radius 2 is 1.46 bits per heavy atom. The van der Waals surface area contributed by atoms with Crippen LogP contribution in [0.4, 0.5) is 0 Å². The minimum Gasteiger partial charge on any atom is -0.458 e. The van der Waals surface area contributed by atoms with Gasteiger partial charge in [-0.3, -0.25) is 0 Å². The third-order valence-electron chi connectivity index (χ3n) is 5.37. The molecule has 1 aliphatic carbocycles. The summed E-state index contributed by atoms with van der Waals surface area (Å²) in [7, 11) is 6.37. The number of quaternary nitrogens is 1. The molecular formula is C21H42NO2+. The molecule has 1 rings (SSSR count). The van der Waals surface area contributed by atoms with Crippen molar-refractivity contribution in [2.24, 2.45) is 0 Å². The fourth-order valence-corrected chi connectivity index (χ4v) is 3.72. The number of likely N-dealkylation sites (N-methyl/N-ethyl adjacent to an activating group) is 1. The number of unbranched alkanes of at least 4 members (excludes halogenated alkanes) is 7. The van der Waals surface area contributed by atoms with E-state index >= 15 is 0 Å². The van der Waals surface area contributed by atoms with Crippen molar-refractivity contribution in [3.63, 3.8) is 0 Å². The number of hydrogen-bond donors (Lipinski definition) is 0. The molecular weight excluding hydrogens is 298 g/mol. The van der Waals surface area contributed by atoms with Gasteiger partial charge in [-0.05, 0) is 32.1 Å². The summed E-state index contributed by atoms with van der Waals surface area (Å²) in [6.45, 7) is 2.26. The van der Waals surface area contributed by atoms with E-state index in [1.807, 2.05) is 0 Å². The van der Waals surface area contributed by atoms with E-state index in [1.54, 1.807) is 0 Å². The van der Waals surface area contributed by atoms with Crippen LogP contribution >= 0.6 is 0 Å². The highest BCUT2D eigenvalue weighted by atomic mass is 16.5. The molecule has 0 bridgehead atoms. The summed E-state index contributed by atoms with van der Waals surface area (Å²) < 4.78 is 6.53. The van der Waals surface area contributed by atoms with E-state index in [0.717, 1.165) is 25.7 Å². The molecule has 0 aliphatic heterocycles. The fourth-order valence-electron chi connectivity index (χ4n) is 3.72. The zero-order valence-electron chi connectivity index (χ0n) is 16.8. The normalized spacial score (nSPS) is 17.7. The maximum atomic E-state index is 12.7. The second-order valence-electron chi connectivity index (χ2n) is 8.59. The molecule has 142 valence electrons.